The van der Waals surface area contributed by atoms with Gasteiger partial charge in [-0.1, -0.05) is 70.9 Å². The zero-order valence-electron chi connectivity index (χ0n) is 21.3. The molecule has 0 aliphatic carbocycles. The molecular weight excluding hydrogens is 400 g/mol. The summed E-state index contributed by atoms with van der Waals surface area (Å²) in [6.45, 7) is 8.62. The molecule has 2 rings (SSSR count). The van der Waals surface area contributed by atoms with Crippen molar-refractivity contribution in [3.63, 3.8) is 0 Å². The van der Waals surface area contributed by atoms with Gasteiger partial charge in [-0.15, -0.1) is 5.92 Å². The number of benzene rings is 2. The van der Waals surface area contributed by atoms with E-state index in [2.05, 4.69) is 81.1 Å². The zero-order valence-corrected chi connectivity index (χ0v) is 21.3. The highest BCUT2D eigenvalue weighted by Crippen LogP contribution is 2.21. The highest BCUT2D eigenvalue weighted by molar-refractivity contribution is 6.43. The first-order valence-corrected chi connectivity index (χ1v) is 13.0. The SMILES string of the molecule is CC#Cc1ccc(N=C(CCCCC)C(CCCC)=Nc2cccc(CCCCC)c2)cc1. The lowest BCUT2D eigenvalue weighted by Gasteiger charge is -2.12. The van der Waals surface area contributed by atoms with Crippen LogP contribution >= 0.6 is 0 Å². The Balaban J connectivity index is 2.38. The summed E-state index contributed by atoms with van der Waals surface area (Å²) < 4.78 is 0. The zero-order chi connectivity index (χ0) is 23.7. The van der Waals surface area contributed by atoms with Gasteiger partial charge in [-0.25, -0.2) is 0 Å². The number of rotatable bonds is 14. The molecule has 2 heteroatoms. The van der Waals surface area contributed by atoms with Gasteiger partial charge >= 0.3 is 0 Å². The van der Waals surface area contributed by atoms with E-state index in [-0.39, 0.29) is 0 Å². The van der Waals surface area contributed by atoms with Crippen molar-refractivity contribution in [3.05, 3.63) is 59.7 Å². The van der Waals surface area contributed by atoms with Crippen molar-refractivity contribution in [2.45, 2.75) is 98.3 Å². The first-order chi connectivity index (χ1) is 16.2. The molecule has 0 unspecified atom stereocenters. The van der Waals surface area contributed by atoms with Crippen molar-refractivity contribution in [1.29, 1.82) is 0 Å². The Morgan fingerprint density at radius 2 is 1.33 bits per heavy atom. The summed E-state index contributed by atoms with van der Waals surface area (Å²) in [5.41, 5.74) is 6.76. The molecule has 2 aromatic carbocycles. The predicted molar refractivity (Wildman–Crippen MR) is 147 cm³/mol. The van der Waals surface area contributed by atoms with E-state index < -0.39 is 0 Å². The van der Waals surface area contributed by atoms with E-state index in [1.807, 2.05) is 6.92 Å². The molecule has 0 saturated carbocycles. The number of unbranched alkanes of at least 4 members (excludes halogenated alkanes) is 5. The van der Waals surface area contributed by atoms with E-state index >= 15 is 0 Å². The highest BCUT2D eigenvalue weighted by atomic mass is 14.8. The van der Waals surface area contributed by atoms with Crippen LogP contribution in [0.25, 0.3) is 0 Å². The van der Waals surface area contributed by atoms with Crippen molar-refractivity contribution in [1.82, 2.24) is 0 Å². The minimum absolute atomic E-state index is 0.973. The van der Waals surface area contributed by atoms with Crippen LogP contribution < -0.4 is 0 Å². The summed E-state index contributed by atoms with van der Waals surface area (Å²) in [4.78, 5) is 10.3. The third-order valence-electron chi connectivity index (χ3n) is 5.76. The van der Waals surface area contributed by atoms with Gasteiger partial charge in [-0.3, -0.25) is 9.98 Å². The van der Waals surface area contributed by atoms with Crippen molar-refractivity contribution in [3.8, 4) is 11.8 Å². The van der Waals surface area contributed by atoms with Crippen molar-refractivity contribution >= 4 is 22.8 Å². The summed E-state index contributed by atoms with van der Waals surface area (Å²) in [5.74, 6) is 6.08. The molecule has 2 aromatic rings. The molecule has 0 radical (unpaired) electrons. The Hall–Kier alpha value is -2.66. The standard InChI is InChI=1S/C31H42N2/c1-5-9-12-16-27-17-14-18-29(25-27)33-30(19-11-7-3)31(20-13-10-6-2)32-28-23-21-26(15-8-4)22-24-28/h14,17-18,21-25H,5-7,9-13,16,19-20H2,1-4H3. The van der Waals surface area contributed by atoms with Gasteiger partial charge < -0.3 is 0 Å². The van der Waals surface area contributed by atoms with E-state index in [0.717, 1.165) is 66.9 Å². The van der Waals surface area contributed by atoms with Gasteiger partial charge in [-0.05, 0) is 87.4 Å². The predicted octanol–water partition coefficient (Wildman–Crippen LogP) is 9.41. The quantitative estimate of drug-likeness (QED) is 0.158. The third kappa shape index (κ3) is 10.2. The normalized spacial score (nSPS) is 11.9. The molecule has 0 aliphatic rings. The van der Waals surface area contributed by atoms with Gasteiger partial charge in [0.25, 0.3) is 0 Å². The maximum Gasteiger partial charge on any atom is 0.0636 e. The summed E-state index contributed by atoms with van der Waals surface area (Å²) in [7, 11) is 0. The number of nitrogens with zero attached hydrogens (tertiary/aromatic N) is 2. The topological polar surface area (TPSA) is 24.7 Å². The summed E-state index contributed by atoms with van der Waals surface area (Å²) >= 11 is 0. The molecule has 0 atom stereocenters. The first-order valence-electron chi connectivity index (χ1n) is 13.0. The lowest BCUT2D eigenvalue weighted by atomic mass is 10.0. The Kier molecular flexibility index (Phi) is 12.9. The maximum absolute atomic E-state index is 5.17. The Bertz CT molecular complexity index is 939. The average Bonchev–Trinajstić information content (AvgIpc) is 2.83. The largest absolute Gasteiger partial charge is 0.252 e. The van der Waals surface area contributed by atoms with Gasteiger partial charge in [0.05, 0.1) is 22.8 Å². The summed E-state index contributed by atoms with van der Waals surface area (Å²) in [6.07, 6.45) is 12.7. The van der Waals surface area contributed by atoms with E-state index in [1.54, 1.807) is 0 Å². The van der Waals surface area contributed by atoms with Crippen LogP contribution in [0.5, 0.6) is 0 Å². The molecule has 0 saturated heterocycles. The minimum atomic E-state index is 0.973. The fraction of sp³-hybridized carbons (Fsp3) is 0.484. The second-order valence-corrected chi connectivity index (χ2v) is 8.73. The lowest BCUT2D eigenvalue weighted by Crippen LogP contribution is -2.14. The molecule has 33 heavy (non-hydrogen) atoms. The fourth-order valence-corrected chi connectivity index (χ4v) is 3.85. The maximum atomic E-state index is 5.17. The lowest BCUT2D eigenvalue weighted by molar-refractivity contribution is 0.717. The van der Waals surface area contributed by atoms with Crippen molar-refractivity contribution in [2.75, 3.05) is 0 Å². The smallest absolute Gasteiger partial charge is 0.0636 e. The highest BCUT2D eigenvalue weighted by Gasteiger charge is 2.11. The van der Waals surface area contributed by atoms with Crippen LogP contribution in [0.1, 0.15) is 103 Å². The second kappa shape index (κ2) is 16.0. The van der Waals surface area contributed by atoms with Crippen LogP contribution in [-0.2, 0) is 6.42 Å². The Morgan fingerprint density at radius 3 is 2.00 bits per heavy atom. The van der Waals surface area contributed by atoms with Gasteiger partial charge in [-0.2, -0.15) is 0 Å². The van der Waals surface area contributed by atoms with Crippen LogP contribution in [0.4, 0.5) is 11.4 Å². The first kappa shape index (κ1) is 26.6. The Labute approximate surface area is 202 Å². The van der Waals surface area contributed by atoms with Gasteiger partial charge in [0.15, 0.2) is 0 Å². The van der Waals surface area contributed by atoms with Crippen molar-refractivity contribution in [2.24, 2.45) is 9.98 Å². The van der Waals surface area contributed by atoms with E-state index in [1.165, 1.54) is 37.7 Å². The molecule has 0 bridgehead atoms. The van der Waals surface area contributed by atoms with Gasteiger partial charge in [0.2, 0.25) is 0 Å². The Morgan fingerprint density at radius 1 is 0.697 bits per heavy atom. The number of hydrogen-bond acceptors (Lipinski definition) is 2. The molecule has 0 N–H and O–H groups in total. The van der Waals surface area contributed by atoms with Crippen LogP contribution in [-0.4, -0.2) is 11.4 Å². The molecule has 0 fully saturated rings. The van der Waals surface area contributed by atoms with Crippen LogP contribution in [0.3, 0.4) is 0 Å². The fourth-order valence-electron chi connectivity index (χ4n) is 3.85. The van der Waals surface area contributed by atoms with Crippen molar-refractivity contribution < 1.29 is 0 Å². The van der Waals surface area contributed by atoms with Crippen LogP contribution in [0.15, 0.2) is 58.5 Å². The van der Waals surface area contributed by atoms with E-state index in [0.29, 0.717) is 0 Å². The average molecular weight is 443 g/mol. The molecule has 0 spiro atoms. The molecule has 0 heterocycles. The molecule has 0 aromatic heterocycles. The monoisotopic (exact) mass is 442 g/mol. The number of aliphatic imine (C=N–C) groups is 2. The summed E-state index contributed by atoms with van der Waals surface area (Å²) in [5, 5.41) is 0. The minimum Gasteiger partial charge on any atom is -0.252 e. The number of aryl methyl sites for hydroxylation is 1. The van der Waals surface area contributed by atoms with Gasteiger partial charge in [0, 0.05) is 5.56 Å². The molecule has 0 amide bonds. The van der Waals surface area contributed by atoms with E-state index in [9.17, 15) is 0 Å². The van der Waals surface area contributed by atoms with Crippen LogP contribution in [0.2, 0.25) is 0 Å². The molecular formula is C31H42N2. The van der Waals surface area contributed by atoms with Gasteiger partial charge in [0.1, 0.15) is 0 Å². The van der Waals surface area contributed by atoms with Crippen LogP contribution in [0, 0.1) is 11.8 Å². The third-order valence-corrected chi connectivity index (χ3v) is 5.76. The second-order valence-electron chi connectivity index (χ2n) is 8.73. The molecule has 0 aliphatic heterocycles. The van der Waals surface area contributed by atoms with E-state index in [4.69, 9.17) is 9.98 Å². The summed E-state index contributed by atoms with van der Waals surface area (Å²) in [6, 6.07) is 17.1. The number of hydrogen-bond donors (Lipinski definition) is 0. The molecule has 176 valence electrons. The molecule has 2 nitrogen and oxygen atoms in total.